The Morgan fingerprint density at radius 1 is 0.821 bits per heavy atom. The molecule has 0 aliphatic rings. The van der Waals surface area contributed by atoms with Crippen LogP contribution in [0, 0.1) is 0 Å². The number of nitrogens with zero attached hydrogens (tertiary/aromatic N) is 1. The molecule has 0 atom stereocenters. The van der Waals surface area contributed by atoms with Crippen molar-refractivity contribution < 1.29 is 33.7 Å². The molecule has 3 N–H and O–H groups in total. The van der Waals surface area contributed by atoms with E-state index in [1.165, 1.54) is 0 Å². The topological polar surface area (TPSA) is 120 Å². The van der Waals surface area contributed by atoms with Crippen molar-refractivity contribution in [1.82, 2.24) is 10.0 Å². The molecule has 1 aromatic heterocycles. The second-order valence-electron chi connectivity index (χ2n) is 9.14. The highest BCUT2D eigenvalue weighted by Crippen LogP contribution is 2.43. The molecule has 10 nitrogen and oxygen atoms in total. The summed E-state index contributed by atoms with van der Waals surface area (Å²) in [6, 6.07) is 11.4. The van der Waals surface area contributed by atoms with Gasteiger partial charge < -0.3 is 28.8 Å². The number of rotatable bonds is 17. The molecule has 0 spiro atoms. The van der Waals surface area contributed by atoms with Crippen LogP contribution in [0.25, 0.3) is 10.9 Å². The normalized spacial score (nSPS) is 10.8. The Morgan fingerprint density at radius 3 is 2.23 bits per heavy atom. The first-order valence-electron chi connectivity index (χ1n) is 13.2. The number of methoxy groups -OCH3 is 3. The Labute approximate surface area is 229 Å². The molecule has 0 unspecified atom stereocenters. The number of hydrogen-bond donors (Lipinski definition) is 3. The van der Waals surface area contributed by atoms with Gasteiger partial charge in [-0.15, -0.1) is 0 Å². The van der Waals surface area contributed by atoms with Crippen LogP contribution >= 0.6 is 0 Å². The van der Waals surface area contributed by atoms with Gasteiger partial charge in [0.1, 0.15) is 5.75 Å². The van der Waals surface area contributed by atoms with Crippen molar-refractivity contribution in [2.45, 2.75) is 57.9 Å². The molecule has 0 saturated carbocycles. The number of benzene rings is 2. The first kappa shape index (κ1) is 29.6. The number of hydrogen-bond acceptors (Lipinski definition) is 7. The molecular weight excluding hydrogens is 502 g/mol. The van der Waals surface area contributed by atoms with Crippen LogP contribution in [0.2, 0.25) is 0 Å². The maximum Gasteiger partial charge on any atom is 0.243 e. The van der Waals surface area contributed by atoms with E-state index in [-0.39, 0.29) is 18.2 Å². The van der Waals surface area contributed by atoms with Crippen LogP contribution in [0.4, 0.5) is 5.69 Å². The van der Waals surface area contributed by atoms with E-state index in [2.05, 4.69) is 9.88 Å². The van der Waals surface area contributed by atoms with Crippen molar-refractivity contribution in [2.24, 2.45) is 0 Å². The Hall–Kier alpha value is -3.92. The number of aryl methyl sites for hydroxylation is 1. The van der Waals surface area contributed by atoms with E-state index in [0.29, 0.717) is 48.1 Å². The Balaban J connectivity index is 1.45. The molecule has 0 radical (unpaired) electrons. The van der Waals surface area contributed by atoms with Gasteiger partial charge in [0, 0.05) is 31.0 Å². The van der Waals surface area contributed by atoms with E-state index >= 15 is 0 Å². The van der Waals surface area contributed by atoms with E-state index < -0.39 is 0 Å². The van der Waals surface area contributed by atoms with Gasteiger partial charge in [-0.05, 0) is 49.9 Å². The zero-order chi connectivity index (χ0) is 28.0. The molecule has 212 valence electrons. The number of hydroxylamine groups is 1. The van der Waals surface area contributed by atoms with E-state index in [1.807, 2.05) is 42.6 Å². The Bertz CT molecular complexity index is 1230. The second-order valence-corrected chi connectivity index (χ2v) is 9.14. The summed E-state index contributed by atoms with van der Waals surface area (Å²) in [7, 11) is 4.83. The van der Waals surface area contributed by atoms with Crippen LogP contribution in [-0.4, -0.2) is 49.5 Å². The third kappa shape index (κ3) is 8.28. The molecule has 0 aliphatic carbocycles. The smallest absolute Gasteiger partial charge is 0.243 e. The Morgan fingerprint density at radius 2 is 1.54 bits per heavy atom. The van der Waals surface area contributed by atoms with Gasteiger partial charge in [0.25, 0.3) is 0 Å². The molecule has 2 aromatic carbocycles. The van der Waals surface area contributed by atoms with Crippen molar-refractivity contribution >= 4 is 28.4 Å². The molecule has 39 heavy (non-hydrogen) atoms. The minimum atomic E-state index is -0.385. The molecule has 3 aromatic rings. The number of carbonyl (C=O) groups is 2. The van der Waals surface area contributed by atoms with Crippen molar-refractivity contribution in [2.75, 3.05) is 33.3 Å². The van der Waals surface area contributed by atoms with Gasteiger partial charge in [0.05, 0.1) is 39.1 Å². The summed E-state index contributed by atoms with van der Waals surface area (Å²) >= 11 is 0. The first-order valence-corrected chi connectivity index (χ1v) is 13.2. The number of amides is 2. The van der Waals surface area contributed by atoms with Crippen molar-refractivity contribution in [1.29, 1.82) is 0 Å². The van der Waals surface area contributed by atoms with Crippen molar-refractivity contribution in [3.05, 3.63) is 42.6 Å². The van der Waals surface area contributed by atoms with E-state index in [0.717, 1.165) is 49.6 Å². The lowest BCUT2D eigenvalue weighted by molar-refractivity contribution is -0.129. The minimum Gasteiger partial charge on any atom is -0.493 e. The maximum absolute atomic E-state index is 12.4. The summed E-state index contributed by atoms with van der Waals surface area (Å²) in [5.41, 5.74) is 3.24. The number of aromatic nitrogens is 1. The van der Waals surface area contributed by atoms with Crippen LogP contribution < -0.4 is 29.7 Å². The molecule has 0 fully saturated rings. The monoisotopic (exact) mass is 541 g/mol. The Kier molecular flexibility index (Phi) is 11.8. The molecular formula is C29H39N3O7. The number of fused-ring (bicyclic) bond motifs is 1. The molecule has 0 aliphatic heterocycles. The van der Waals surface area contributed by atoms with Crippen LogP contribution in [0.15, 0.2) is 42.6 Å². The third-order valence-corrected chi connectivity index (χ3v) is 6.45. The number of unbranched alkanes of at least 4 members (excludes halogenated alkanes) is 4. The molecule has 0 saturated heterocycles. The summed E-state index contributed by atoms with van der Waals surface area (Å²) in [6.07, 6.45) is 7.50. The number of anilines is 1. The third-order valence-electron chi connectivity index (χ3n) is 6.45. The van der Waals surface area contributed by atoms with Gasteiger partial charge in [-0.3, -0.25) is 14.8 Å². The van der Waals surface area contributed by atoms with Crippen LogP contribution in [0.5, 0.6) is 23.0 Å². The zero-order valence-corrected chi connectivity index (χ0v) is 23.0. The highest BCUT2D eigenvalue weighted by Gasteiger charge is 2.18. The van der Waals surface area contributed by atoms with Gasteiger partial charge in [-0.25, -0.2) is 5.48 Å². The molecule has 2 amide bonds. The van der Waals surface area contributed by atoms with E-state index in [4.69, 9.17) is 24.2 Å². The van der Waals surface area contributed by atoms with E-state index in [1.54, 1.807) is 26.8 Å². The van der Waals surface area contributed by atoms with Gasteiger partial charge >= 0.3 is 0 Å². The van der Waals surface area contributed by atoms with Crippen LogP contribution in [-0.2, 0) is 16.1 Å². The van der Waals surface area contributed by atoms with Crippen molar-refractivity contribution in [3.8, 4) is 23.0 Å². The lowest BCUT2D eigenvalue weighted by Crippen LogP contribution is -2.17. The first-order chi connectivity index (χ1) is 19.0. The van der Waals surface area contributed by atoms with Gasteiger partial charge in [0.2, 0.25) is 17.6 Å². The van der Waals surface area contributed by atoms with Crippen LogP contribution in [0.1, 0.15) is 51.4 Å². The fourth-order valence-corrected chi connectivity index (χ4v) is 4.47. The van der Waals surface area contributed by atoms with E-state index in [9.17, 15) is 9.59 Å². The van der Waals surface area contributed by atoms with Crippen LogP contribution in [0.3, 0.4) is 0 Å². The average Bonchev–Trinajstić information content (AvgIpc) is 3.36. The quantitative estimate of drug-likeness (QED) is 0.120. The lowest BCUT2D eigenvalue weighted by Gasteiger charge is -2.15. The highest BCUT2D eigenvalue weighted by molar-refractivity contribution is 5.92. The fraction of sp³-hybridized carbons (Fsp3) is 0.448. The summed E-state index contributed by atoms with van der Waals surface area (Å²) < 4.78 is 24.8. The average molecular weight is 542 g/mol. The molecule has 0 bridgehead atoms. The van der Waals surface area contributed by atoms with Gasteiger partial charge in [-0.2, -0.15) is 0 Å². The fourth-order valence-electron chi connectivity index (χ4n) is 4.47. The number of nitrogens with one attached hydrogen (secondary N) is 2. The predicted octanol–water partition coefficient (Wildman–Crippen LogP) is 5.31. The summed E-state index contributed by atoms with van der Waals surface area (Å²) in [4.78, 5) is 23.4. The predicted molar refractivity (Wildman–Crippen MR) is 149 cm³/mol. The summed E-state index contributed by atoms with van der Waals surface area (Å²) in [5.74, 6) is 2.03. The van der Waals surface area contributed by atoms with Gasteiger partial charge in [0.15, 0.2) is 11.5 Å². The minimum absolute atomic E-state index is 0.0698. The maximum atomic E-state index is 12.4. The standard InChI is InChI=1S/C29H39N3O7/c1-36-24-20-21-16-18-32(27(21)29(38-3)28(24)37-2)17-10-11-19-39-23-13-9-8-12-22(23)30-25(33)14-6-4-5-7-15-26(34)31-35/h8-9,12-13,16,18,20,35H,4-7,10-11,14-15,17,19H2,1-3H3,(H,30,33)(H,31,34). The molecule has 3 rings (SSSR count). The molecule has 10 heteroatoms. The number of carbonyl (C=O) groups excluding carboxylic acids is 2. The number of para-hydroxylation sites is 2. The second kappa shape index (κ2) is 15.5. The van der Waals surface area contributed by atoms with Crippen molar-refractivity contribution in [3.63, 3.8) is 0 Å². The SMILES string of the molecule is COc1cc2ccn(CCCCOc3ccccc3NC(=O)CCCCCCC(=O)NO)c2c(OC)c1OC. The summed E-state index contributed by atoms with van der Waals surface area (Å²) in [5, 5.41) is 12.5. The zero-order valence-electron chi connectivity index (χ0n) is 23.0. The lowest BCUT2D eigenvalue weighted by atomic mass is 10.1. The summed E-state index contributed by atoms with van der Waals surface area (Å²) in [6.45, 7) is 1.30. The largest absolute Gasteiger partial charge is 0.493 e. The van der Waals surface area contributed by atoms with Gasteiger partial charge in [-0.1, -0.05) is 25.0 Å². The number of ether oxygens (including phenoxy) is 4. The molecule has 1 heterocycles. The highest BCUT2D eigenvalue weighted by atomic mass is 16.5.